The van der Waals surface area contributed by atoms with Crippen molar-refractivity contribution in [1.82, 2.24) is 0 Å². The van der Waals surface area contributed by atoms with E-state index in [2.05, 4.69) is 41.8 Å². The molecule has 174 valence electrons. The molecule has 0 saturated heterocycles. The second-order valence-corrected chi connectivity index (χ2v) is 9.27. The normalized spacial score (nSPS) is 19.4. The molecule has 0 fully saturated rings. The monoisotopic (exact) mass is 474 g/mol. The molecule has 3 aromatic rings. The van der Waals surface area contributed by atoms with Gasteiger partial charge in [0.1, 0.15) is 0 Å². The number of halogens is 1. The Bertz CT molecular complexity index is 1280. The van der Waals surface area contributed by atoms with Crippen LogP contribution in [0.25, 0.3) is 0 Å². The van der Waals surface area contributed by atoms with Gasteiger partial charge in [-0.05, 0) is 61.6 Å². The lowest BCUT2D eigenvalue weighted by Crippen LogP contribution is -2.27. The van der Waals surface area contributed by atoms with Gasteiger partial charge in [0.25, 0.3) is 0 Å². The van der Waals surface area contributed by atoms with Crippen LogP contribution in [-0.2, 0) is 4.79 Å². The Labute approximate surface area is 204 Å². The maximum Gasteiger partial charge on any atom is 0.176 e. The molecule has 2 aliphatic rings. The lowest BCUT2D eigenvalue weighted by atomic mass is 9.78. The van der Waals surface area contributed by atoms with E-state index < -0.39 is 6.04 Å². The number of aryl methyl sites for hydroxylation is 1. The van der Waals surface area contributed by atoms with E-state index >= 15 is 0 Å². The van der Waals surface area contributed by atoms with Crippen LogP contribution in [0.2, 0.25) is 5.02 Å². The average Bonchev–Trinajstić information content (AvgIpc) is 2.99. The molecule has 0 bridgehead atoms. The topological polar surface area (TPSA) is 70.6 Å². The van der Waals surface area contributed by atoms with E-state index in [9.17, 15) is 9.90 Å². The number of allylic oxidation sites excluding steroid dienone is 1. The number of hydrogen-bond acceptors (Lipinski definition) is 5. The maximum atomic E-state index is 13.7. The predicted molar refractivity (Wildman–Crippen MR) is 136 cm³/mol. The smallest absolute Gasteiger partial charge is 0.176 e. The standard InChI is InChI=1S/C28H27ClN2O3/c1-3-34-25-15-19(12-20(29)28(25)33)27-26-23(30-21-6-4-5-7-22(21)31-27)13-18(14-24(26)32)17-10-8-16(2)9-11-17/h4-12,15,18,27,30-31,33H,3,13-14H2,1-2H3/t18-,27+/m0/s1. The second kappa shape index (κ2) is 9.07. The molecule has 1 heterocycles. The van der Waals surface area contributed by atoms with E-state index in [-0.39, 0.29) is 22.5 Å². The second-order valence-electron chi connectivity index (χ2n) is 8.86. The molecule has 34 heavy (non-hydrogen) atoms. The van der Waals surface area contributed by atoms with Crippen LogP contribution in [0.15, 0.2) is 71.9 Å². The van der Waals surface area contributed by atoms with Crippen molar-refractivity contribution >= 4 is 28.8 Å². The fourth-order valence-corrected chi connectivity index (χ4v) is 5.06. The fourth-order valence-electron chi connectivity index (χ4n) is 4.84. The van der Waals surface area contributed by atoms with E-state index in [0.717, 1.165) is 29.1 Å². The Morgan fingerprint density at radius 3 is 2.50 bits per heavy atom. The van der Waals surface area contributed by atoms with Crippen LogP contribution in [-0.4, -0.2) is 17.5 Å². The van der Waals surface area contributed by atoms with Gasteiger partial charge in [-0.1, -0.05) is 53.6 Å². The number of para-hydroxylation sites is 2. The summed E-state index contributed by atoms with van der Waals surface area (Å²) in [7, 11) is 0. The molecule has 6 heteroatoms. The van der Waals surface area contributed by atoms with Gasteiger partial charge in [0, 0.05) is 17.7 Å². The summed E-state index contributed by atoms with van der Waals surface area (Å²) in [6.07, 6.45) is 1.16. The van der Waals surface area contributed by atoms with Crippen LogP contribution in [0.3, 0.4) is 0 Å². The van der Waals surface area contributed by atoms with Crippen molar-refractivity contribution in [2.45, 2.75) is 38.6 Å². The number of carbonyl (C=O) groups excluding carboxylic acids is 1. The number of aromatic hydroxyl groups is 1. The Morgan fingerprint density at radius 1 is 1.03 bits per heavy atom. The maximum absolute atomic E-state index is 13.7. The molecule has 3 N–H and O–H groups in total. The third-order valence-corrected chi connectivity index (χ3v) is 6.83. The van der Waals surface area contributed by atoms with E-state index in [1.54, 1.807) is 12.1 Å². The van der Waals surface area contributed by atoms with Crippen molar-refractivity contribution in [2.24, 2.45) is 0 Å². The average molecular weight is 475 g/mol. The Balaban J connectivity index is 1.62. The minimum absolute atomic E-state index is 0.0896. The number of benzene rings is 3. The van der Waals surface area contributed by atoms with Gasteiger partial charge >= 0.3 is 0 Å². The van der Waals surface area contributed by atoms with Gasteiger partial charge in [-0.25, -0.2) is 0 Å². The van der Waals surface area contributed by atoms with Gasteiger partial charge in [0.05, 0.1) is 29.0 Å². The summed E-state index contributed by atoms with van der Waals surface area (Å²) in [5.74, 6) is 0.405. The van der Waals surface area contributed by atoms with Crippen molar-refractivity contribution < 1.29 is 14.6 Å². The fraction of sp³-hybridized carbons (Fsp3) is 0.250. The van der Waals surface area contributed by atoms with E-state index in [1.807, 2.05) is 31.2 Å². The van der Waals surface area contributed by atoms with Crippen molar-refractivity contribution in [3.8, 4) is 11.5 Å². The highest BCUT2D eigenvalue weighted by Crippen LogP contribution is 2.46. The van der Waals surface area contributed by atoms with E-state index in [4.69, 9.17) is 16.3 Å². The quantitative estimate of drug-likeness (QED) is 0.391. The molecule has 0 unspecified atom stereocenters. The number of carbonyl (C=O) groups is 1. The lowest BCUT2D eigenvalue weighted by Gasteiger charge is -2.30. The molecule has 0 radical (unpaired) electrons. The van der Waals surface area contributed by atoms with Crippen LogP contribution in [0.1, 0.15) is 48.4 Å². The van der Waals surface area contributed by atoms with E-state index in [1.165, 1.54) is 11.1 Å². The Morgan fingerprint density at radius 2 is 1.76 bits per heavy atom. The molecule has 5 rings (SSSR count). The minimum atomic E-state index is -0.435. The summed E-state index contributed by atoms with van der Waals surface area (Å²) in [6.45, 7) is 4.30. The highest BCUT2D eigenvalue weighted by atomic mass is 35.5. The SMILES string of the molecule is CCOc1cc([C@H]2Nc3ccccc3NC3=C2C(=O)C[C@@H](c2ccc(C)cc2)C3)cc(Cl)c1O. The predicted octanol–water partition coefficient (Wildman–Crippen LogP) is 6.73. The number of phenols is 1. The summed E-state index contributed by atoms with van der Waals surface area (Å²) in [5.41, 5.74) is 6.55. The number of nitrogens with one attached hydrogen (secondary N) is 2. The Hall–Kier alpha value is -3.44. The van der Waals surface area contributed by atoms with Gasteiger partial charge in [-0.3, -0.25) is 4.79 Å². The summed E-state index contributed by atoms with van der Waals surface area (Å²) >= 11 is 6.37. The van der Waals surface area contributed by atoms with Gasteiger partial charge in [0.2, 0.25) is 0 Å². The first-order valence-electron chi connectivity index (χ1n) is 11.5. The molecule has 0 amide bonds. The van der Waals surface area contributed by atoms with Gasteiger partial charge < -0.3 is 20.5 Å². The summed E-state index contributed by atoms with van der Waals surface area (Å²) in [4.78, 5) is 13.7. The third kappa shape index (κ3) is 4.12. The number of phenolic OH excluding ortho intramolecular Hbond substituents is 1. The molecule has 5 nitrogen and oxygen atoms in total. The molecule has 3 aromatic carbocycles. The number of hydrogen-bond donors (Lipinski definition) is 3. The first-order valence-corrected chi connectivity index (χ1v) is 11.9. The minimum Gasteiger partial charge on any atom is -0.503 e. The molecular weight excluding hydrogens is 448 g/mol. The summed E-state index contributed by atoms with van der Waals surface area (Å²) in [6, 6.07) is 19.4. The summed E-state index contributed by atoms with van der Waals surface area (Å²) in [5, 5.41) is 17.6. The molecular formula is C28H27ClN2O3. The zero-order valence-electron chi connectivity index (χ0n) is 19.2. The van der Waals surface area contributed by atoms with Crippen LogP contribution in [0.4, 0.5) is 11.4 Å². The lowest BCUT2D eigenvalue weighted by molar-refractivity contribution is -0.116. The number of Topliss-reactive ketones (excluding diaryl/α,β-unsaturated/α-hetero) is 1. The first-order chi connectivity index (χ1) is 16.4. The van der Waals surface area contributed by atoms with Crippen LogP contribution >= 0.6 is 11.6 Å². The molecule has 0 aromatic heterocycles. The third-order valence-electron chi connectivity index (χ3n) is 6.54. The molecule has 1 aliphatic heterocycles. The zero-order valence-corrected chi connectivity index (χ0v) is 19.9. The van der Waals surface area contributed by atoms with Crippen molar-refractivity contribution in [3.05, 3.63) is 93.6 Å². The van der Waals surface area contributed by atoms with Crippen molar-refractivity contribution in [1.29, 1.82) is 0 Å². The molecule has 2 atom stereocenters. The van der Waals surface area contributed by atoms with E-state index in [0.29, 0.717) is 24.4 Å². The zero-order chi connectivity index (χ0) is 23.8. The van der Waals surface area contributed by atoms with Gasteiger partial charge in [0.15, 0.2) is 17.3 Å². The molecule has 1 aliphatic carbocycles. The highest BCUT2D eigenvalue weighted by molar-refractivity contribution is 6.32. The Kier molecular flexibility index (Phi) is 5.96. The van der Waals surface area contributed by atoms with Gasteiger partial charge in [-0.15, -0.1) is 0 Å². The molecule has 0 saturated carbocycles. The number of ketones is 1. The highest BCUT2D eigenvalue weighted by Gasteiger charge is 2.36. The van der Waals surface area contributed by atoms with Crippen LogP contribution in [0.5, 0.6) is 11.5 Å². The number of fused-ring (bicyclic) bond motifs is 1. The summed E-state index contributed by atoms with van der Waals surface area (Å²) < 4.78 is 5.62. The number of anilines is 2. The largest absolute Gasteiger partial charge is 0.503 e. The first kappa shape index (κ1) is 22.4. The van der Waals surface area contributed by atoms with Crippen molar-refractivity contribution in [3.63, 3.8) is 0 Å². The van der Waals surface area contributed by atoms with Crippen LogP contribution in [0, 0.1) is 6.92 Å². The molecule has 0 spiro atoms. The van der Waals surface area contributed by atoms with Crippen molar-refractivity contribution in [2.75, 3.05) is 17.2 Å². The van der Waals surface area contributed by atoms with Crippen LogP contribution < -0.4 is 15.4 Å². The number of rotatable bonds is 4. The number of ether oxygens (including phenoxy) is 1. The van der Waals surface area contributed by atoms with Gasteiger partial charge in [-0.2, -0.15) is 0 Å².